The van der Waals surface area contributed by atoms with Crippen molar-refractivity contribution < 1.29 is 9.18 Å². The minimum absolute atomic E-state index is 0.204. The lowest BCUT2D eigenvalue weighted by Crippen LogP contribution is -2.32. The Labute approximate surface area is 179 Å². The van der Waals surface area contributed by atoms with Crippen molar-refractivity contribution in [3.8, 4) is 5.69 Å². The fourth-order valence-electron chi connectivity index (χ4n) is 3.56. The van der Waals surface area contributed by atoms with Crippen LogP contribution in [0.1, 0.15) is 44.7 Å². The van der Waals surface area contributed by atoms with Crippen LogP contribution in [0.3, 0.4) is 0 Å². The number of benzene rings is 2. The van der Waals surface area contributed by atoms with Gasteiger partial charge in [0.05, 0.1) is 11.4 Å². The van der Waals surface area contributed by atoms with Crippen LogP contribution in [0.2, 0.25) is 0 Å². The van der Waals surface area contributed by atoms with Crippen LogP contribution >= 0.6 is 0 Å². The van der Waals surface area contributed by atoms with Gasteiger partial charge in [0.15, 0.2) is 5.69 Å². The summed E-state index contributed by atoms with van der Waals surface area (Å²) in [5, 5.41) is 11.8. The highest BCUT2D eigenvalue weighted by molar-refractivity contribution is 5.93. The molecule has 1 atom stereocenters. The van der Waals surface area contributed by atoms with E-state index in [9.17, 15) is 9.18 Å². The van der Waals surface area contributed by atoms with Crippen molar-refractivity contribution >= 4 is 5.91 Å². The van der Waals surface area contributed by atoms with Crippen molar-refractivity contribution in [3.63, 3.8) is 0 Å². The molecule has 8 heteroatoms. The molecular formula is C23H23FN6O. The van der Waals surface area contributed by atoms with E-state index in [0.29, 0.717) is 17.1 Å². The van der Waals surface area contributed by atoms with E-state index in [1.165, 1.54) is 16.9 Å². The first-order valence-electron chi connectivity index (χ1n) is 9.88. The minimum atomic E-state index is -0.645. The average Bonchev–Trinajstić information content (AvgIpc) is 3.31. The molecule has 0 aliphatic rings. The number of halogens is 1. The highest BCUT2D eigenvalue weighted by Crippen LogP contribution is 2.22. The number of amides is 1. The first-order valence-corrected chi connectivity index (χ1v) is 9.88. The summed E-state index contributed by atoms with van der Waals surface area (Å²) >= 11 is 0. The number of rotatable bonds is 5. The van der Waals surface area contributed by atoms with Gasteiger partial charge in [0, 0.05) is 19.4 Å². The van der Waals surface area contributed by atoms with Gasteiger partial charge in [0.1, 0.15) is 17.7 Å². The van der Waals surface area contributed by atoms with Crippen LogP contribution in [0.4, 0.5) is 4.39 Å². The molecule has 0 saturated heterocycles. The maximum Gasteiger partial charge on any atom is 0.274 e. The standard InChI is InChI=1S/C23H23FN6O/c1-14-8-9-19(15(2)12-14)30-27-16(3)20(28-30)23(31)26-21(22-25-10-11-29(22)4)17-6-5-7-18(24)13-17/h5-13,21H,1-4H3,(H,26,31)/t21-/m0/s1. The van der Waals surface area contributed by atoms with Gasteiger partial charge in [-0.05, 0) is 50.1 Å². The lowest BCUT2D eigenvalue weighted by molar-refractivity contribution is 0.0935. The molecule has 0 aliphatic carbocycles. The van der Waals surface area contributed by atoms with Crippen molar-refractivity contribution in [1.82, 2.24) is 29.9 Å². The van der Waals surface area contributed by atoms with Gasteiger partial charge in [0.25, 0.3) is 5.91 Å². The van der Waals surface area contributed by atoms with Crippen LogP contribution in [0.25, 0.3) is 5.69 Å². The Hall–Kier alpha value is -3.81. The van der Waals surface area contributed by atoms with Gasteiger partial charge in [-0.3, -0.25) is 4.79 Å². The number of nitrogens with zero attached hydrogens (tertiary/aromatic N) is 5. The summed E-state index contributed by atoms with van der Waals surface area (Å²) in [6.45, 7) is 5.73. The van der Waals surface area contributed by atoms with E-state index >= 15 is 0 Å². The summed E-state index contributed by atoms with van der Waals surface area (Å²) in [4.78, 5) is 19.0. The van der Waals surface area contributed by atoms with E-state index in [1.807, 2.05) is 39.1 Å². The van der Waals surface area contributed by atoms with Crippen molar-refractivity contribution in [1.29, 1.82) is 0 Å². The van der Waals surface area contributed by atoms with E-state index in [2.05, 4.69) is 20.5 Å². The molecule has 0 radical (unpaired) electrons. The Kier molecular flexibility index (Phi) is 5.37. The van der Waals surface area contributed by atoms with Gasteiger partial charge in [0.2, 0.25) is 0 Å². The maximum absolute atomic E-state index is 13.9. The van der Waals surface area contributed by atoms with Crippen LogP contribution in [-0.4, -0.2) is 30.5 Å². The average molecular weight is 418 g/mol. The molecule has 1 N–H and O–H groups in total. The Morgan fingerprint density at radius 3 is 2.58 bits per heavy atom. The molecule has 0 bridgehead atoms. The van der Waals surface area contributed by atoms with E-state index in [0.717, 1.165) is 16.8 Å². The minimum Gasteiger partial charge on any atom is -0.337 e. The van der Waals surface area contributed by atoms with Crippen LogP contribution in [0.5, 0.6) is 0 Å². The molecule has 2 heterocycles. The monoisotopic (exact) mass is 418 g/mol. The van der Waals surface area contributed by atoms with Gasteiger partial charge in [-0.15, -0.1) is 5.10 Å². The highest BCUT2D eigenvalue weighted by atomic mass is 19.1. The molecule has 1 amide bonds. The number of aromatic nitrogens is 5. The SMILES string of the molecule is Cc1ccc(-n2nc(C)c(C(=O)N[C@@H](c3cccc(F)c3)c3nccn3C)n2)c(C)c1. The summed E-state index contributed by atoms with van der Waals surface area (Å²) in [6.07, 6.45) is 3.41. The maximum atomic E-state index is 13.9. The lowest BCUT2D eigenvalue weighted by Gasteiger charge is -2.18. The summed E-state index contributed by atoms with van der Waals surface area (Å²) in [5.41, 5.74) is 4.23. The zero-order valence-corrected chi connectivity index (χ0v) is 17.8. The van der Waals surface area contributed by atoms with Crippen molar-refractivity contribution in [2.24, 2.45) is 7.05 Å². The number of hydrogen-bond acceptors (Lipinski definition) is 4. The third-order valence-electron chi connectivity index (χ3n) is 5.14. The Bertz CT molecular complexity index is 1260. The number of imidazole rings is 1. The second-order valence-electron chi connectivity index (χ2n) is 7.57. The quantitative estimate of drug-likeness (QED) is 0.537. The molecule has 4 aromatic rings. The predicted octanol–water partition coefficient (Wildman–Crippen LogP) is 3.58. The predicted molar refractivity (Wildman–Crippen MR) is 114 cm³/mol. The van der Waals surface area contributed by atoms with Crippen molar-refractivity contribution in [3.05, 3.63) is 94.6 Å². The summed E-state index contributed by atoms with van der Waals surface area (Å²) in [6, 6.07) is 11.4. The number of carbonyl (C=O) groups excluding carboxylic acids is 1. The fourth-order valence-corrected chi connectivity index (χ4v) is 3.56. The number of nitrogens with one attached hydrogen (secondary N) is 1. The molecule has 7 nitrogen and oxygen atoms in total. The second kappa shape index (κ2) is 8.14. The normalized spacial score (nSPS) is 12.0. The van der Waals surface area contributed by atoms with Gasteiger partial charge in [-0.25, -0.2) is 9.37 Å². The lowest BCUT2D eigenvalue weighted by atomic mass is 10.1. The van der Waals surface area contributed by atoms with Gasteiger partial charge in [-0.1, -0.05) is 29.8 Å². The fraction of sp³-hybridized carbons (Fsp3) is 0.217. The third-order valence-corrected chi connectivity index (χ3v) is 5.14. The van der Waals surface area contributed by atoms with E-state index < -0.39 is 11.9 Å². The summed E-state index contributed by atoms with van der Waals surface area (Å²) in [7, 11) is 1.82. The molecule has 2 aromatic carbocycles. The van der Waals surface area contributed by atoms with Gasteiger partial charge < -0.3 is 9.88 Å². The molecule has 2 aromatic heterocycles. The topological polar surface area (TPSA) is 77.6 Å². The first-order chi connectivity index (χ1) is 14.8. The largest absolute Gasteiger partial charge is 0.337 e. The molecule has 0 fully saturated rings. The molecule has 0 spiro atoms. The summed E-state index contributed by atoms with van der Waals surface area (Å²) in [5.74, 6) is -0.216. The van der Waals surface area contributed by atoms with Gasteiger partial charge in [-0.2, -0.15) is 9.90 Å². The second-order valence-corrected chi connectivity index (χ2v) is 7.57. The zero-order chi connectivity index (χ0) is 22.1. The third kappa shape index (κ3) is 4.09. The number of aryl methyl sites for hydroxylation is 4. The molecule has 0 unspecified atom stereocenters. The molecule has 0 saturated carbocycles. The Morgan fingerprint density at radius 2 is 1.90 bits per heavy atom. The van der Waals surface area contributed by atoms with Crippen LogP contribution in [0, 0.1) is 26.6 Å². The Morgan fingerprint density at radius 1 is 1.10 bits per heavy atom. The molecule has 0 aliphatic heterocycles. The highest BCUT2D eigenvalue weighted by Gasteiger charge is 2.25. The van der Waals surface area contributed by atoms with Crippen molar-refractivity contribution in [2.75, 3.05) is 0 Å². The van der Waals surface area contributed by atoms with E-state index in [4.69, 9.17) is 0 Å². The first kappa shape index (κ1) is 20.5. The van der Waals surface area contributed by atoms with Gasteiger partial charge >= 0.3 is 0 Å². The van der Waals surface area contributed by atoms with Crippen LogP contribution in [0.15, 0.2) is 54.9 Å². The van der Waals surface area contributed by atoms with E-state index in [1.54, 1.807) is 36.0 Å². The summed E-state index contributed by atoms with van der Waals surface area (Å²) < 4.78 is 15.7. The van der Waals surface area contributed by atoms with Crippen molar-refractivity contribution in [2.45, 2.75) is 26.8 Å². The smallest absolute Gasteiger partial charge is 0.274 e. The molecular weight excluding hydrogens is 395 g/mol. The Balaban J connectivity index is 1.68. The zero-order valence-electron chi connectivity index (χ0n) is 17.8. The van der Waals surface area contributed by atoms with Crippen LogP contribution in [-0.2, 0) is 7.05 Å². The number of hydrogen-bond donors (Lipinski definition) is 1. The molecule has 158 valence electrons. The number of carbonyl (C=O) groups is 1. The van der Waals surface area contributed by atoms with Crippen LogP contribution < -0.4 is 5.32 Å². The molecule has 31 heavy (non-hydrogen) atoms. The molecule has 4 rings (SSSR count). The van der Waals surface area contributed by atoms with E-state index in [-0.39, 0.29) is 11.5 Å².